The number of carbonyl (C=O) groups is 1. The van der Waals surface area contributed by atoms with Gasteiger partial charge in [-0.15, -0.1) is 0 Å². The van der Waals surface area contributed by atoms with Crippen molar-refractivity contribution in [1.82, 2.24) is 10.2 Å². The quantitative estimate of drug-likeness (QED) is 0.623. The molecule has 82 valence electrons. The van der Waals surface area contributed by atoms with Crippen molar-refractivity contribution in [2.45, 2.75) is 6.92 Å². The van der Waals surface area contributed by atoms with Gasteiger partial charge in [0.25, 0.3) is 5.91 Å². The molecule has 0 saturated carbocycles. The molecule has 0 spiro atoms. The van der Waals surface area contributed by atoms with Crippen LogP contribution in [0.2, 0.25) is 0 Å². The molecule has 0 unspecified atom stereocenters. The molecule has 1 heterocycles. The van der Waals surface area contributed by atoms with E-state index in [-0.39, 0.29) is 5.91 Å². The SMILES string of the molecule is CCN1C(=O)C(=Cc2ccccc2)NC1=S. The number of carbonyl (C=O) groups excluding carboxylic acids is 1. The fraction of sp³-hybridized carbons (Fsp3) is 0.167. The van der Waals surface area contributed by atoms with Gasteiger partial charge in [0.1, 0.15) is 5.70 Å². The lowest BCUT2D eigenvalue weighted by atomic mass is 10.2. The monoisotopic (exact) mass is 232 g/mol. The predicted octanol–water partition coefficient (Wildman–Crippen LogP) is 1.76. The van der Waals surface area contributed by atoms with E-state index < -0.39 is 0 Å². The Bertz CT molecular complexity index is 453. The van der Waals surface area contributed by atoms with Crippen LogP contribution in [0, 0.1) is 0 Å². The summed E-state index contributed by atoms with van der Waals surface area (Å²) >= 11 is 5.06. The van der Waals surface area contributed by atoms with Crippen molar-refractivity contribution in [2.24, 2.45) is 0 Å². The minimum atomic E-state index is -0.0589. The molecule has 16 heavy (non-hydrogen) atoms. The third-order valence-corrected chi connectivity index (χ3v) is 2.71. The molecule has 0 aromatic heterocycles. The maximum Gasteiger partial charge on any atom is 0.276 e. The summed E-state index contributed by atoms with van der Waals surface area (Å²) in [6, 6.07) is 9.69. The summed E-state index contributed by atoms with van der Waals surface area (Å²) in [6.45, 7) is 2.49. The number of hydrogen-bond donors (Lipinski definition) is 1. The molecular formula is C12H12N2OS. The predicted molar refractivity (Wildman–Crippen MR) is 67.5 cm³/mol. The van der Waals surface area contributed by atoms with Crippen LogP contribution < -0.4 is 5.32 Å². The van der Waals surface area contributed by atoms with Crippen molar-refractivity contribution in [1.29, 1.82) is 0 Å². The number of likely N-dealkylation sites (N-methyl/N-ethyl adjacent to an activating group) is 1. The number of nitrogens with one attached hydrogen (secondary N) is 1. The van der Waals surface area contributed by atoms with Crippen LogP contribution >= 0.6 is 12.2 Å². The van der Waals surface area contributed by atoms with E-state index in [9.17, 15) is 4.79 Å². The van der Waals surface area contributed by atoms with Gasteiger partial charge in [0.15, 0.2) is 5.11 Å². The Morgan fingerprint density at radius 1 is 1.38 bits per heavy atom. The van der Waals surface area contributed by atoms with Crippen molar-refractivity contribution >= 4 is 29.3 Å². The highest BCUT2D eigenvalue weighted by atomic mass is 32.1. The van der Waals surface area contributed by atoms with Gasteiger partial charge in [-0.25, -0.2) is 0 Å². The number of hydrogen-bond acceptors (Lipinski definition) is 2. The van der Waals surface area contributed by atoms with Crippen LogP contribution in [-0.4, -0.2) is 22.5 Å². The topological polar surface area (TPSA) is 32.3 Å². The number of thiocarbonyl (C=S) groups is 1. The lowest BCUT2D eigenvalue weighted by Crippen LogP contribution is -2.30. The summed E-state index contributed by atoms with van der Waals surface area (Å²) in [5, 5.41) is 3.40. The van der Waals surface area contributed by atoms with Crippen molar-refractivity contribution < 1.29 is 4.79 Å². The van der Waals surface area contributed by atoms with Gasteiger partial charge < -0.3 is 5.32 Å². The molecule has 0 aliphatic carbocycles. The van der Waals surface area contributed by atoms with Crippen LogP contribution in [0.15, 0.2) is 36.0 Å². The zero-order chi connectivity index (χ0) is 11.5. The number of benzene rings is 1. The van der Waals surface area contributed by atoms with E-state index >= 15 is 0 Å². The van der Waals surface area contributed by atoms with E-state index in [4.69, 9.17) is 12.2 Å². The second-order valence-electron chi connectivity index (χ2n) is 3.45. The lowest BCUT2D eigenvalue weighted by Gasteiger charge is -2.08. The largest absolute Gasteiger partial charge is 0.328 e. The van der Waals surface area contributed by atoms with Gasteiger partial charge in [0, 0.05) is 6.54 Å². The van der Waals surface area contributed by atoms with Gasteiger partial charge >= 0.3 is 0 Å². The highest BCUT2D eigenvalue weighted by Crippen LogP contribution is 2.13. The van der Waals surface area contributed by atoms with E-state index in [1.165, 1.54) is 0 Å². The van der Waals surface area contributed by atoms with Crippen LogP contribution in [-0.2, 0) is 4.79 Å². The molecule has 2 rings (SSSR count). The first-order chi connectivity index (χ1) is 7.72. The molecule has 1 N–H and O–H groups in total. The Labute approximate surface area is 99.8 Å². The molecule has 1 aromatic rings. The first kappa shape index (κ1) is 10.8. The maximum atomic E-state index is 11.9. The van der Waals surface area contributed by atoms with E-state index in [1.54, 1.807) is 4.90 Å². The first-order valence-electron chi connectivity index (χ1n) is 5.12. The van der Waals surface area contributed by atoms with Gasteiger partial charge in [-0.05, 0) is 30.8 Å². The van der Waals surface area contributed by atoms with Gasteiger partial charge in [0.2, 0.25) is 0 Å². The van der Waals surface area contributed by atoms with Crippen LogP contribution in [0.25, 0.3) is 6.08 Å². The average Bonchev–Trinajstić information content (AvgIpc) is 2.55. The van der Waals surface area contributed by atoms with E-state index in [1.807, 2.05) is 43.3 Å². The Hall–Kier alpha value is -1.68. The van der Waals surface area contributed by atoms with Crippen molar-refractivity contribution in [3.8, 4) is 0 Å². The molecule has 1 aliphatic heterocycles. The zero-order valence-electron chi connectivity index (χ0n) is 8.93. The van der Waals surface area contributed by atoms with Crippen LogP contribution in [0.5, 0.6) is 0 Å². The van der Waals surface area contributed by atoms with Crippen molar-refractivity contribution in [3.63, 3.8) is 0 Å². The Morgan fingerprint density at radius 3 is 2.62 bits per heavy atom. The molecule has 0 radical (unpaired) electrons. The summed E-state index contributed by atoms with van der Waals surface area (Å²) in [5.41, 5.74) is 1.53. The van der Waals surface area contributed by atoms with Gasteiger partial charge in [-0.2, -0.15) is 0 Å². The molecule has 0 bridgehead atoms. The van der Waals surface area contributed by atoms with E-state index in [2.05, 4.69) is 5.32 Å². The molecule has 1 saturated heterocycles. The molecular weight excluding hydrogens is 220 g/mol. The third-order valence-electron chi connectivity index (χ3n) is 2.39. The fourth-order valence-corrected chi connectivity index (χ4v) is 1.90. The van der Waals surface area contributed by atoms with Crippen LogP contribution in [0.4, 0.5) is 0 Å². The minimum Gasteiger partial charge on any atom is -0.328 e. The van der Waals surface area contributed by atoms with E-state index in [0.717, 1.165) is 5.56 Å². The normalized spacial score (nSPS) is 18.1. The number of rotatable bonds is 2. The highest BCUT2D eigenvalue weighted by molar-refractivity contribution is 7.80. The van der Waals surface area contributed by atoms with Crippen molar-refractivity contribution in [2.75, 3.05) is 6.54 Å². The molecule has 0 atom stereocenters. The molecule has 1 aromatic carbocycles. The summed E-state index contributed by atoms with van der Waals surface area (Å²) in [6.07, 6.45) is 1.81. The zero-order valence-corrected chi connectivity index (χ0v) is 9.75. The lowest BCUT2D eigenvalue weighted by molar-refractivity contribution is -0.122. The Morgan fingerprint density at radius 2 is 2.06 bits per heavy atom. The summed E-state index contributed by atoms with van der Waals surface area (Å²) in [4.78, 5) is 13.4. The molecule has 1 aliphatic rings. The standard InChI is InChI=1S/C12H12N2OS/c1-2-14-11(15)10(13-12(14)16)8-9-6-4-3-5-7-9/h3-8H,2H2,1H3,(H,13,16). The minimum absolute atomic E-state index is 0.0589. The van der Waals surface area contributed by atoms with Gasteiger partial charge in [-0.1, -0.05) is 30.3 Å². The first-order valence-corrected chi connectivity index (χ1v) is 5.53. The molecule has 3 nitrogen and oxygen atoms in total. The number of nitrogens with zero attached hydrogens (tertiary/aromatic N) is 1. The van der Waals surface area contributed by atoms with Crippen LogP contribution in [0.1, 0.15) is 12.5 Å². The average molecular weight is 232 g/mol. The highest BCUT2D eigenvalue weighted by Gasteiger charge is 2.28. The smallest absolute Gasteiger partial charge is 0.276 e. The van der Waals surface area contributed by atoms with Crippen molar-refractivity contribution in [3.05, 3.63) is 41.6 Å². The Kier molecular flexibility index (Phi) is 3.01. The fourth-order valence-electron chi connectivity index (χ4n) is 1.57. The van der Waals surface area contributed by atoms with E-state index in [0.29, 0.717) is 17.4 Å². The maximum absolute atomic E-state index is 11.9. The van der Waals surface area contributed by atoms with Gasteiger partial charge in [-0.3, -0.25) is 9.69 Å². The second kappa shape index (κ2) is 4.45. The third kappa shape index (κ3) is 1.97. The van der Waals surface area contributed by atoms with Crippen LogP contribution in [0.3, 0.4) is 0 Å². The summed E-state index contributed by atoms with van der Waals surface area (Å²) in [7, 11) is 0. The second-order valence-corrected chi connectivity index (χ2v) is 3.83. The number of amides is 1. The summed E-state index contributed by atoms with van der Waals surface area (Å²) < 4.78 is 0. The Balaban J connectivity index is 2.27. The molecule has 1 fully saturated rings. The summed E-state index contributed by atoms with van der Waals surface area (Å²) in [5.74, 6) is -0.0589. The molecule has 4 heteroatoms. The molecule has 1 amide bonds. The van der Waals surface area contributed by atoms with Gasteiger partial charge in [0.05, 0.1) is 0 Å².